The molecule has 5 rings (SSSR count). The molecule has 4 heterocycles. The van der Waals surface area contributed by atoms with Crippen molar-refractivity contribution in [2.75, 3.05) is 56.5 Å². The fraction of sp³-hybridized carbons (Fsp3) is 0.385. The van der Waals surface area contributed by atoms with Gasteiger partial charge in [0.2, 0.25) is 17.6 Å². The average molecular weight is 518 g/mol. The number of carbonyl (C=O) groups is 1. The van der Waals surface area contributed by atoms with Gasteiger partial charge in [0.25, 0.3) is 5.56 Å². The van der Waals surface area contributed by atoms with Crippen LogP contribution in [0.4, 0.5) is 11.6 Å². The van der Waals surface area contributed by atoms with Crippen molar-refractivity contribution >= 4 is 28.3 Å². The topological polar surface area (TPSA) is 145 Å². The van der Waals surface area contributed by atoms with Crippen molar-refractivity contribution in [2.24, 2.45) is 0 Å². The van der Waals surface area contributed by atoms with Crippen molar-refractivity contribution in [3.63, 3.8) is 0 Å². The highest BCUT2D eigenvalue weighted by atomic mass is 16.5. The second-order valence-electron chi connectivity index (χ2n) is 9.25. The summed E-state index contributed by atoms with van der Waals surface area (Å²) in [5, 5.41) is 18.2. The van der Waals surface area contributed by atoms with Crippen LogP contribution >= 0.6 is 0 Å². The first-order valence-electron chi connectivity index (χ1n) is 12.8. The number of carbonyl (C=O) groups excluding carboxylic acids is 1. The van der Waals surface area contributed by atoms with Crippen LogP contribution in [-0.2, 0) is 11.2 Å². The van der Waals surface area contributed by atoms with Crippen LogP contribution in [0.2, 0.25) is 0 Å². The minimum Gasteiger partial charge on any atom is -0.368 e. The van der Waals surface area contributed by atoms with Gasteiger partial charge in [-0.15, -0.1) is 0 Å². The molecule has 0 aliphatic carbocycles. The molecule has 38 heavy (non-hydrogen) atoms. The second-order valence-corrected chi connectivity index (χ2v) is 9.25. The molecule has 0 unspecified atom stereocenters. The lowest BCUT2D eigenvalue weighted by Gasteiger charge is -2.33. The van der Waals surface area contributed by atoms with E-state index < -0.39 is 0 Å². The lowest BCUT2D eigenvalue weighted by Crippen LogP contribution is -2.45. The summed E-state index contributed by atoms with van der Waals surface area (Å²) in [4.78, 5) is 37.8. The van der Waals surface area contributed by atoms with E-state index in [1.165, 1.54) is 0 Å². The molecule has 1 aliphatic rings. The third-order valence-electron chi connectivity index (χ3n) is 6.53. The Morgan fingerprint density at radius 2 is 1.89 bits per heavy atom. The Hall–Kier alpha value is -4.32. The number of aromatic amines is 1. The molecular weight excluding hydrogens is 486 g/mol. The molecule has 0 bridgehead atoms. The fourth-order valence-corrected chi connectivity index (χ4v) is 4.39. The van der Waals surface area contributed by atoms with Gasteiger partial charge in [-0.25, -0.2) is 10.1 Å². The molecule has 198 valence electrons. The van der Waals surface area contributed by atoms with Gasteiger partial charge in [0, 0.05) is 63.7 Å². The van der Waals surface area contributed by atoms with Gasteiger partial charge in [-0.2, -0.15) is 10.1 Å². The van der Waals surface area contributed by atoms with Crippen molar-refractivity contribution in [2.45, 2.75) is 19.3 Å². The highest BCUT2D eigenvalue weighted by Crippen LogP contribution is 2.27. The zero-order chi connectivity index (χ0) is 26.3. The van der Waals surface area contributed by atoms with Crippen molar-refractivity contribution in [1.29, 1.82) is 0 Å². The molecule has 4 aromatic rings. The maximum Gasteiger partial charge on any atom is 0.272 e. The lowest BCUT2D eigenvalue weighted by molar-refractivity contribution is -0.121. The van der Waals surface area contributed by atoms with Crippen molar-refractivity contribution in [3.8, 4) is 11.4 Å². The Kier molecular flexibility index (Phi) is 7.88. The van der Waals surface area contributed by atoms with Crippen LogP contribution in [0.5, 0.6) is 0 Å². The average Bonchev–Trinajstić information content (AvgIpc) is 3.42. The molecule has 1 aliphatic heterocycles. The first-order valence-corrected chi connectivity index (χ1v) is 12.8. The van der Waals surface area contributed by atoms with Gasteiger partial charge < -0.3 is 25.0 Å². The van der Waals surface area contributed by atoms with E-state index in [0.29, 0.717) is 48.9 Å². The van der Waals surface area contributed by atoms with Crippen LogP contribution < -0.4 is 21.1 Å². The third-order valence-corrected chi connectivity index (χ3v) is 6.53. The maximum atomic E-state index is 12.3. The van der Waals surface area contributed by atoms with E-state index in [1.807, 2.05) is 30.3 Å². The highest BCUT2D eigenvalue weighted by molar-refractivity contribution is 5.90. The monoisotopic (exact) mass is 517 g/mol. The molecule has 0 radical (unpaired) electrons. The van der Waals surface area contributed by atoms with Crippen LogP contribution in [0.15, 0.2) is 51.9 Å². The summed E-state index contributed by atoms with van der Waals surface area (Å²) in [5.41, 5.74) is 0.608. The summed E-state index contributed by atoms with van der Waals surface area (Å²) < 4.78 is 5.43. The molecule has 0 saturated carbocycles. The Morgan fingerprint density at radius 1 is 1.08 bits per heavy atom. The van der Waals surface area contributed by atoms with Gasteiger partial charge in [-0.05, 0) is 31.7 Å². The number of piperazine rings is 1. The molecular formula is C26H31N9O3. The van der Waals surface area contributed by atoms with Gasteiger partial charge in [0.15, 0.2) is 5.82 Å². The van der Waals surface area contributed by atoms with Crippen molar-refractivity contribution in [1.82, 2.24) is 35.5 Å². The molecule has 1 aromatic carbocycles. The first kappa shape index (κ1) is 25.3. The van der Waals surface area contributed by atoms with Crippen LogP contribution in [-0.4, -0.2) is 82.4 Å². The molecule has 0 atom stereocenters. The lowest BCUT2D eigenvalue weighted by atomic mass is 10.2. The zero-order valence-corrected chi connectivity index (χ0v) is 21.3. The molecule has 1 amide bonds. The molecule has 0 spiro atoms. The van der Waals surface area contributed by atoms with E-state index in [0.717, 1.165) is 42.9 Å². The zero-order valence-electron chi connectivity index (χ0n) is 21.3. The normalized spacial score (nSPS) is 14.1. The van der Waals surface area contributed by atoms with Gasteiger partial charge in [-0.3, -0.25) is 9.59 Å². The van der Waals surface area contributed by atoms with Crippen LogP contribution in [0, 0.1) is 0 Å². The van der Waals surface area contributed by atoms with E-state index in [4.69, 9.17) is 4.52 Å². The number of likely N-dealkylation sites (N-methyl/N-ethyl adjacent to an activating group) is 1. The van der Waals surface area contributed by atoms with Gasteiger partial charge in [-0.1, -0.05) is 23.4 Å². The molecule has 1 saturated heterocycles. The largest absolute Gasteiger partial charge is 0.368 e. The number of nitrogens with zero attached hydrogens (tertiary/aromatic N) is 6. The number of anilines is 2. The number of nitrogens with one attached hydrogen (secondary N) is 3. The van der Waals surface area contributed by atoms with Crippen molar-refractivity contribution < 1.29 is 9.32 Å². The standard InChI is InChI=1S/C26H31N9O3/c1-34-14-16-35(17-15-34)25-20(8-4-11-29-25)24-30-22(38-33-24)10-9-21(36)27-12-5-13-28-23-18-6-2-3-7-19(18)26(37)32-31-23/h2-4,6-8,11H,5,9-10,12-17H2,1H3,(H,27,36)(H,28,31)(H,32,37). The Morgan fingerprint density at radius 3 is 2.74 bits per heavy atom. The summed E-state index contributed by atoms with van der Waals surface area (Å²) in [6.45, 7) is 4.82. The van der Waals surface area contributed by atoms with E-state index in [1.54, 1.807) is 12.3 Å². The van der Waals surface area contributed by atoms with E-state index in [9.17, 15) is 9.59 Å². The number of H-pyrrole nitrogens is 1. The van der Waals surface area contributed by atoms with Crippen molar-refractivity contribution in [3.05, 3.63) is 58.8 Å². The first-order chi connectivity index (χ1) is 18.6. The number of hydrogen-bond donors (Lipinski definition) is 3. The Balaban J connectivity index is 1.07. The number of benzene rings is 1. The van der Waals surface area contributed by atoms with E-state index in [-0.39, 0.29) is 17.9 Å². The molecule has 3 N–H and O–H groups in total. The number of rotatable bonds is 10. The van der Waals surface area contributed by atoms with Gasteiger partial charge >= 0.3 is 0 Å². The predicted molar refractivity (Wildman–Crippen MR) is 144 cm³/mol. The number of fused-ring (bicyclic) bond motifs is 1. The van der Waals surface area contributed by atoms with Crippen LogP contribution in [0.3, 0.4) is 0 Å². The summed E-state index contributed by atoms with van der Waals surface area (Å²) in [7, 11) is 2.11. The number of hydrogen-bond acceptors (Lipinski definition) is 10. The summed E-state index contributed by atoms with van der Waals surface area (Å²) in [5.74, 6) is 2.28. The van der Waals surface area contributed by atoms with Gasteiger partial charge in [0.05, 0.1) is 10.9 Å². The van der Waals surface area contributed by atoms with Gasteiger partial charge in [0.1, 0.15) is 5.82 Å². The fourth-order valence-electron chi connectivity index (χ4n) is 4.39. The van der Waals surface area contributed by atoms with Crippen LogP contribution in [0.25, 0.3) is 22.2 Å². The molecule has 12 nitrogen and oxygen atoms in total. The number of pyridine rings is 1. The van der Waals surface area contributed by atoms with Crippen LogP contribution in [0.1, 0.15) is 18.7 Å². The summed E-state index contributed by atoms with van der Waals surface area (Å²) in [6.07, 6.45) is 3.08. The quantitative estimate of drug-likeness (QED) is 0.266. The Bertz CT molecular complexity index is 1440. The predicted octanol–water partition coefficient (Wildman–Crippen LogP) is 1.67. The van der Waals surface area contributed by atoms with E-state index >= 15 is 0 Å². The summed E-state index contributed by atoms with van der Waals surface area (Å²) >= 11 is 0. The second kappa shape index (κ2) is 11.8. The number of aromatic nitrogens is 5. The SMILES string of the molecule is CN1CCN(c2ncccc2-c2noc(CCC(=O)NCCCNc3n[nH]c(=O)c4ccccc34)n2)CC1. The smallest absolute Gasteiger partial charge is 0.272 e. The Labute approximate surface area is 219 Å². The molecule has 3 aromatic heterocycles. The maximum absolute atomic E-state index is 12.3. The highest BCUT2D eigenvalue weighted by Gasteiger charge is 2.21. The molecule has 1 fully saturated rings. The number of aryl methyl sites for hydroxylation is 1. The minimum atomic E-state index is -0.220. The number of amides is 1. The van der Waals surface area contributed by atoms with E-state index in [2.05, 4.69) is 52.8 Å². The molecule has 12 heteroatoms. The summed E-state index contributed by atoms with van der Waals surface area (Å²) in [6, 6.07) is 11.1. The minimum absolute atomic E-state index is 0.0862. The third kappa shape index (κ3) is 5.97.